The van der Waals surface area contributed by atoms with Gasteiger partial charge in [-0.3, -0.25) is 14.3 Å². The Morgan fingerprint density at radius 3 is 2.57 bits per heavy atom. The van der Waals surface area contributed by atoms with Crippen LogP contribution in [0.3, 0.4) is 0 Å². The van der Waals surface area contributed by atoms with Crippen molar-refractivity contribution in [1.29, 1.82) is 0 Å². The summed E-state index contributed by atoms with van der Waals surface area (Å²) in [5.41, 5.74) is -1.83. The van der Waals surface area contributed by atoms with E-state index in [1.807, 2.05) is 19.0 Å². The van der Waals surface area contributed by atoms with E-state index in [0.717, 1.165) is 4.57 Å². The van der Waals surface area contributed by atoms with Gasteiger partial charge in [-0.2, -0.15) is 0 Å². The fourth-order valence-electron chi connectivity index (χ4n) is 1.97. The molecule has 0 radical (unpaired) electrons. The number of aromatic amines is 1. The molecule has 6 nitrogen and oxygen atoms in total. The van der Waals surface area contributed by atoms with Crippen molar-refractivity contribution in [3.05, 3.63) is 50.9 Å². The molecule has 0 bridgehead atoms. The minimum absolute atomic E-state index is 0.0464. The molecule has 2 N–H and O–H groups in total. The predicted octanol–water partition coefficient (Wildman–Crippen LogP) is 0.610. The zero-order valence-corrected chi connectivity index (χ0v) is 11.8. The van der Waals surface area contributed by atoms with Crippen molar-refractivity contribution >= 4 is 0 Å². The van der Waals surface area contributed by atoms with Crippen molar-refractivity contribution < 1.29 is 9.50 Å². The third-order valence-corrected chi connectivity index (χ3v) is 3.09. The summed E-state index contributed by atoms with van der Waals surface area (Å²) in [4.78, 5) is 27.6. The molecule has 1 aromatic heterocycles. The topological polar surface area (TPSA) is 78.3 Å². The van der Waals surface area contributed by atoms with Crippen molar-refractivity contribution in [2.75, 3.05) is 20.6 Å². The van der Waals surface area contributed by atoms with Crippen LogP contribution in [0, 0.1) is 5.82 Å². The molecule has 1 heterocycles. The lowest BCUT2D eigenvalue weighted by Crippen LogP contribution is -2.33. The Labute approximate surface area is 120 Å². The van der Waals surface area contributed by atoms with Crippen molar-refractivity contribution in [2.24, 2.45) is 0 Å². The Hall–Kier alpha value is -2.41. The SMILES string of the molecule is CN(C)CCn1c(O)c(-c2ccccc2F)c(=O)[nH]c1=O. The van der Waals surface area contributed by atoms with Crippen LogP contribution < -0.4 is 11.2 Å². The number of nitrogens with one attached hydrogen (secondary N) is 1. The van der Waals surface area contributed by atoms with E-state index in [-0.39, 0.29) is 17.7 Å². The smallest absolute Gasteiger partial charge is 0.331 e. The number of halogens is 1. The largest absolute Gasteiger partial charge is 0.494 e. The van der Waals surface area contributed by atoms with E-state index in [1.165, 1.54) is 18.2 Å². The zero-order valence-electron chi connectivity index (χ0n) is 11.8. The highest BCUT2D eigenvalue weighted by molar-refractivity contribution is 5.67. The van der Waals surface area contributed by atoms with Gasteiger partial charge in [0.15, 0.2) is 0 Å². The molecule has 0 spiro atoms. The summed E-state index contributed by atoms with van der Waals surface area (Å²) in [6.07, 6.45) is 0. The lowest BCUT2D eigenvalue weighted by atomic mass is 10.1. The van der Waals surface area contributed by atoms with Crippen molar-refractivity contribution in [2.45, 2.75) is 6.54 Å². The average molecular weight is 293 g/mol. The number of hydrogen-bond acceptors (Lipinski definition) is 4. The molecular weight excluding hydrogens is 277 g/mol. The quantitative estimate of drug-likeness (QED) is 0.866. The molecule has 0 saturated heterocycles. The van der Waals surface area contributed by atoms with E-state index in [9.17, 15) is 19.1 Å². The van der Waals surface area contributed by atoms with Gasteiger partial charge >= 0.3 is 5.69 Å². The maximum Gasteiger partial charge on any atom is 0.331 e. The Balaban J connectivity index is 2.63. The maximum absolute atomic E-state index is 13.8. The van der Waals surface area contributed by atoms with Crippen LogP contribution in [0.5, 0.6) is 5.88 Å². The molecule has 0 atom stereocenters. The van der Waals surface area contributed by atoms with Crippen molar-refractivity contribution in [1.82, 2.24) is 14.5 Å². The number of H-pyrrole nitrogens is 1. The van der Waals surface area contributed by atoms with Gasteiger partial charge in [0, 0.05) is 18.7 Å². The molecule has 1 aromatic carbocycles. The van der Waals surface area contributed by atoms with Crippen LogP contribution >= 0.6 is 0 Å². The second-order valence-electron chi connectivity index (χ2n) is 4.89. The average Bonchev–Trinajstić information content (AvgIpc) is 2.40. The molecule has 112 valence electrons. The van der Waals surface area contributed by atoms with E-state index in [2.05, 4.69) is 4.98 Å². The number of likely N-dealkylation sites (N-methyl/N-ethyl adjacent to an activating group) is 1. The summed E-state index contributed by atoms with van der Waals surface area (Å²) in [6, 6.07) is 5.59. The van der Waals surface area contributed by atoms with Crippen LogP contribution in [0.1, 0.15) is 0 Å². The van der Waals surface area contributed by atoms with Crippen LogP contribution in [0.2, 0.25) is 0 Å². The number of rotatable bonds is 4. The molecular formula is C14H16FN3O3. The third kappa shape index (κ3) is 3.03. The van der Waals surface area contributed by atoms with Gasteiger partial charge in [-0.25, -0.2) is 9.18 Å². The van der Waals surface area contributed by atoms with Crippen LogP contribution in [-0.2, 0) is 6.54 Å². The number of aromatic hydroxyl groups is 1. The van der Waals surface area contributed by atoms with Gasteiger partial charge in [0.1, 0.15) is 11.4 Å². The highest BCUT2D eigenvalue weighted by atomic mass is 19.1. The molecule has 0 aliphatic carbocycles. The molecule has 0 amide bonds. The first-order valence-corrected chi connectivity index (χ1v) is 6.37. The van der Waals surface area contributed by atoms with Crippen LogP contribution in [0.15, 0.2) is 33.9 Å². The number of benzene rings is 1. The van der Waals surface area contributed by atoms with Gasteiger partial charge in [0.2, 0.25) is 5.88 Å². The molecule has 21 heavy (non-hydrogen) atoms. The Morgan fingerprint density at radius 1 is 1.29 bits per heavy atom. The van der Waals surface area contributed by atoms with Gasteiger partial charge in [-0.1, -0.05) is 18.2 Å². The fourth-order valence-corrected chi connectivity index (χ4v) is 1.97. The fraction of sp³-hybridized carbons (Fsp3) is 0.286. The predicted molar refractivity (Wildman–Crippen MR) is 76.9 cm³/mol. The first-order chi connectivity index (χ1) is 9.91. The maximum atomic E-state index is 13.8. The van der Waals surface area contributed by atoms with Crippen LogP contribution in [-0.4, -0.2) is 40.2 Å². The summed E-state index contributed by atoms with van der Waals surface area (Å²) in [7, 11) is 3.62. The first kappa shape index (κ1) is 15.0. The minimum atomic E-state index is -0.816. The second-order valence-corrected chi connectivity index (χ2v) is 4.89. The standard InChI is InChI=1S/C14H16FN3O3/c1-17(2)7-8-18-13(20)11(12(19)16-14(18)21)9-5-3-4-6-10(9)15/h3-6,20H,7-8H2,1-2H3,(H,16,19,21). The van der Waals surface area contributed by atoms with Crippen molar-refractivity contribution in [3.8, 4) is 17.0 Å². The molecule has 2 rings (SSSR count). The number of aromatic nitrogens is 2. The summed E-state index contributed by atoms with van der Waals surface area (Å²) in [6.45, 7) is 0.659. The van der Waals surface area contributed by atoms with E-state index >= 15 is 0 Å². The lowest BCUT2D eigenvalue weighted by molar-refractivity contribution is 0.347. The molecule has 0 fully saturated rings. The molecule has 0 saturated carbocycles. The Morgan fingerprint density at radius 2 is 1.95 bits per heavy atom. The monoisotopic (exact) mass is 293 g/mol. The molecule has 0 unspecified atom stereocenters. The normalized spacial score (nSPS) is 11.0. The van der Waals surface area contributed by atoms with Crippen LogP contribution in [0.4, 0.5) is 4.39 Å². The Kier molecular flexibility index (Phi) is 4.23. The molecule has 7 heteroatoms. The van der Waals surface area contributed by atoms with Gasteiger partial charge in [0.25, 0.3) is 5.56 Å². The van der Waals surface area contributed by atoms with E-state index in [1.54, 1.807) is 6.07 Å². The number of hydrogen-bond donors (Lipinski definition) is 2. The molecule has 0 aliphatic heterocycles. The van der Waals surface area contributed by atoms with Gasteiger partial charge < -0.3 is 10.0 Å². The van der Waals surface area contributed by atoms with Gasteiger partial charge in [-0.05, 0) is 20.2 Å². The minimum Gasteiger partial charge on any atom is -0.494 e. The highest BCUT2D eigenvalue weighted by Gasteiger charge is 2.18. The summed E-state index contributed by atoms with van der Waals surface area (Å²) in [5.74, 6) is -1.17. The van der Waals surface area contributed by atoms with Gasteiger partial charge in [0.05, 0.1) is 0 Å². The number of nitrogens with zero attached hydrogens (tertiary/aromatic N) is 2. The second kappa shape index (κ2) is 5.92. The van der Waals surface area contributed by atoms with Gasteiger partial charge in [-0.15, -0.1) is 0 Å². The third-order valence-electron chi connectivity index (χ3n) is 3.09. The molecule has 0 aliphatic rings. The zero-order chi connectivity index (χ0) is 15.6. The Bertz CT molecular complexity index is 765. The first-order valence-electron chi connectivity index (χ1n) is 6.37. The van der Waals surface area contributed by atoms with Crippen molar-refractivity contribution in [3.63, 3.8) is 0 Å². The van der Waals surface area contributed by atoms with E-state index in [4.69, 9.17) is 0 Å². The lowest BCUT2D eigenvalue weighted by Gasteiger charge is -2.14. The highest BCUT2D eigenvalue weighted by Crippen LogP contribution is 2.26. The summed E-state index contributed by atoms with van der Waals surface area (Å²) < 4.78 is 14.8. The van der Waals surface area contributed by atoms with E-state index in [0.29, 0.717) is 6.54 Å². The summed E-state index contributed by atoms with van der Waals surface area (Å²) >= 11 is 0. The van der Waals surface area contributed by atoms with E-state index < -0.39 is 22.9 Å². The van der Waals surface area contributed by atoms with Crippen LogP contribution in [0.25, 0.3) is 11.1 Å². The summed E-state index contributed by atoms with van der Waals surface area (Å²) in [5, 5.41) is 10.2. The molecule has 2 aromatic rings.